The SMILES string of the molecule is Cc1cc([N+](=O)[O-])ccc1NC(=O)c1ccc2noc(-c3ccccc3)c2c1. The van der Waals surface area contributed by atoms with E-state index in [0.29, 0.717) is 28.1 Å². The summed E-state index contributed by atoms with van der Waals surface area (Å²) in [6.45, 7) is 1.71. The largest absolute Gasteiger partial charge is 0.355 e. The van der Waals surface area contributed by atoms with Crippen LogP contribution in [0.15, 0.2) is 71.3 Å². The number of hydrogen-bond donors (Lipinski definition) is 1. The first-order chi connectivity index (χ1) is 13.5. The Kier molecular flexibility index (Phi) is 4.33. The quantitative estimate of drug-likeness (QED) is 0.402. The van der Waals surface area contributed by atoms with Crippen molar-refractivity contribution < 1.29 is 14.2 Å². The molecule has 0 saturated heterocycles. The lowest BCUT2D eigenvalue weighted by atomic mass is 10.1. The number of benzene rings is 3. The molecule has 0 fully saturated rings. The summed E-state index contributed by atoms with van der Waals surface area (Å²) >= 11 is 0. The van der Waals surface area contributed by atoms with E-state index in [4.69, 9.17) is 4.52 Å². The van der Waals surface area contributed by atoms with Gasteiger partial charge in [0.15, 0.2) is 5.76 Å². The molecule has 0 aliphatic heterocycles. The first-order valence-corrected chi connectivity index (χ1v) is 8.54. The highest BCUT2D eigenvalue weighted by Gasteiger charge is 2.15. The molecule has 1 aromatic heterocycles. The van der Waals surface area contributed by atoms with Crippen LogP contribution in [0.2, 0.25) is 0 Å². The van der Waals surface area contributed by atoms with Crippen LogP contribution in [0.5, 0.6) is 0 Å². The van der Waals surface area contributed by atoms with Gasteiger partial charge >= 0.3 is 0 Å². The van der Waals surface area contributed by atoms with Crippen LogP contribution in [0.1, 0.15) is 15.9 Å². The first-order valence-electron chi connectivity index (χ1n) is 8.54. The Morgan fingerprint density at radius 3 is 2.57 bits per heavy atom. The van der Waals surface area contributed by atoms with Crippen molar-refractivity contribution >= 4 is 28.2 Å². The molecule has 0 aliphatic carbocycles. The van der Waals surface area contributed by atoms with Crippen molar-refractivity contribution in [3.63, 3.8) is 0 Å². The van der Waals surface area contributed by atoms with Crippen molar-refractivity contribution in [1.29, 1.82) is 0 Å². The maximum absolute atomic E-state index is 12.7. The number of nitro groups is 1. The van der Waals surface area contributed by atoms with Crippen LogP contribution < -0.4 is 5.32 Å². The Morgan fingerprint density at radius 1 is 1.07 bits per heavy atom. The van der Waals surface area contributed by atoms with Gasteiger partial charge in [-0.2, -0.15) is 0 Å². The van der Waals surface area contributed by atoms with E-state index in [0.717, 1.165) is 10.9 Å². The summed E-state index contributed by atoms with van der Waals surface area (Å²) in [6, 6.07) is 19.0. The van der Waals surface area contributed by atoms with Crippen LogP contribution in [0.4, 0.5) is 11.4 Å². The Morgan fingerprint density at radius 2 is 1.86 bits per heavy atom. The van der Waals surface area contributed by atoms with Gasteiger partial charge in [-0.3, -0.25) is 14.9 Å². The fraction of sp³-hybridized carbons (Fsp3) is 0.0476. The molecular weight excluding hydrogens is 358 g/mol. The molecule has 0 atom stereocenters. The summed E-state index contributed by atoms with van der Waals surface area (Å²) in [5.74, 6) is 0.274. The Balaban J connectivity index is 1.66. The predicted octanol–water partition coefficient (Wildman–Crippen LogP) is 4.96. The Bertz CT molecular complexity index is 1200. The number of fused-ring (bicyclic) bond motifs is 1. The van der Waals surface area contributed by atoms with E-state index in [-0.39, 0.29) is 11.6 Å². The van der Waals surface area contributed by atoms with E-state index in [1.165, 1.54) is 18.2 Å². The normalized spacial score (nSPS) is 10.8. The Labute approximate surface area is 159 Å². The van der Waals surface area contributed by atoms with Crippen LogP contribution in [-0.2, 0) is 0 Å². The molecule has 1 heterocycles. The maximum atomic E-state index is 12.7. The lowest BCUT2D eigenvalue weighted by molar-refractivity contribution is -0.384. The van der Waals surface area contributed by atoms with Crippen molar-refractivity contribution in [3.05, 3.63) is 88.0 Å². The van der Waals surface area contributed by atoms with Crippen molar-refractivity contribution in [1.82, 2.24) is 5.16 Å². The minimum absolute atomic E-state index is 0.0195. The van der Waals surface area contributed by atoms with Crippen LogP contribution >= 0.6 is 0 Å². The number of rotatable bonds is 4. The van der Waals surface area contributed by atoms with Gasteiger partial charge in [-0.15, -0.1) is 0 Å². The second-order valence-electron chi connectivity index (χ2n) is 6.32. The zero-order chi connectivity index (χ0) is 19.7. The number of amides is 1. The van der Waals surface area contributed by atoms with Gasteiger partial charge in [-0.25, -0.2) is 0 Å². The standard InChI is InChI=1S/C21H15N3O4/c1-13-11-16(24(26)27)8-10-18(13)22-21(25)15-7-9-19-17(12-15)20(28-23-19)14-5-3-2-4-6-14/h2-12H,1H3,(H,22,25). The number of carbonyl (C=O) groups is 1. The number of hydrogen-bond acceptors (Lipinski definition) is 5. The van der Waals surface area contributed by atoms with Crippen LogP contribution in [0.25, 0.3) is 22.2 Å². The molecule has 0 saturated carbocycles. The summed E-state index contributed by atoms with van der Waals surface area (Å²) < 4.78 is 5.46. The highest BCUT2D eigenvalue weighted by atomic mass is 16.6. The number of anilines is 1. The molecule has 7 heteroatoms. The van der Waals surface area contributed by atoms with E-state index in [9.17, 15) is 14.9 Å². The third-order valence-electron chi connectivity index (χ3n) is 4.44. The molecule has 4 rings (SSSR count). The highest BCUT2D eigenvalue weighted by molar-refractivity contribution is 6.07. The number of aromatic nitrogens is 1. The van der Waals surface area contributed by atoms with Gasteiger partial charge < -0.3 is 9.84 Å². The number of aryl methyl sites for hydroxylation is 1. The smallest absolute Gasteiger partial charge is 0.269 e. The highest BCUT2D eigenvalue weighted by Crippen LogP contribution is 2.29. The molecule has 0 aliphatic rings. The fourth-order valence-electron chi connectivity index (χ4n) is 2.98. The van der Waals surface area contributed by atoms with Crippen molar-refractivity contribution in [2.75, 3.05) is 5.32 Å². The minimum Gasteiger partial charge on any atom is -0.355 e. The fourth-order valence-corrected chi connectivity index (χ4v) is 2.98. The maximum Gasteiger partial charge on any atom is 0.269 e. The summed E-state index contributed by atoms with van der Waals surface area (Å²) in [6.07, 6.45) is 0. The Hall–Kier alpha value is -4.00. The molecule has 0 unspecified atom stereocenters. The molecule has 1 N–H and O–H groups in total. The van der Waals surface area contributed by atoms with Crippen molar-refractivity contribution in [3.8, 4) is 11.3 Å². The average molecular weight is 373 g/mol. The van der Waals surface area contributed by atoms with E-state index >= 15 is 0 Å². The molecule has 1 amide bonds. The van der Waals surface area contributed by atoms with Crippen LogP contribution in [0, 0.1) is 17.0 Å². The zero-order valence-electron chi connectivity index (χ0n) is 14.9. The number of nitrogens with one attached hydrogen (secondary N) is 1. The monoisotopic (exact) mass is 373 g/mol. The second-order valence-corrected chi connectivity index (χ2v) is 6.32. The molecule has 0 spiro atoms. The van der Waals surface area contributed by atoms with Crippen LogP contribution in [0.3, 0.4) is 0 Å². The third-order valence-corrected chi connectivity index (χ3v) is 4.44. The topological polar surface area (TPSA) is 98.3 Å². The van der Waals surface area contributed by atoms with Crippen molar-refractivity contribution in [2.45, 2.75) is 6.92 Å². The molecule has 3 aromatic carbocycles. The van der Waals surface area contributed by atoms with Gasteiger partial charge in [0.1, 0.15) is 5.52 Å². The summed E-state index contributed by atoms with van der Waals surface area (Å²) in [7, 11) is 0. The number of carbonyl (C=O) groups excluding carboxylic acids is 1. The average Bonchev–Trinajstić information content (AvgIpc) is 3.13. The number of nitro benzene ring substituents is 1. The molecule has 138 valence electrons. The van der Waals surface area contributed by atoms with Gasteiger partial charge in [0.25, 0.3) is 11.6 Å². The first kappa shape index (κ1) is 17.4. The van der Waals surface area contributed by atoms with Gasteiger partial charge in [0.2, 0.25) is 0 Å². The van der Waals surface area contributed by atoms with Crippen molar-refractivity contribution in [2.24, 2.45) is 0 Å². The predicted molar refractivity (Wildman–Crippen MR) is 105 cm³/mol. The summed E-state index contributed by atoms with van der Waals surface area (Å²) in [5, 5.41) is 18.4. The summed E-state index contributed by atoms with van der Waals surface area (Å²) in [5.41, 5.74) is 3.07. The van der Waals surface area contributed by atoms with E-state index < -0.39 is 4.92 Å². The summed E-state index contributed by atoms with van der Waals surface area (Å²) in [4.78, 5) is 23.1. The molecule has 0 radical (unpaired) electrons. The van der Waals surface area contributed by atoms with Gasteiger partial charge in [-0.1, -0.05) is 35.5 Å². The molecular formula is C21H15N3O4. The third kappa shape index (κ3) is 3.21. The van der Waals surface area contributed by atoms with E-state index in [1.807, 2.05) is 30.3 Å². The zero-order valence-corrected chi connectivity index (χ0v) is 14.9. The van der Waals surface area contributed by atoms with Gasteiger partial charge in [0.05, 0.1) is 10.3 Å². The van der Waals surface area contributed by atoms with Gasteiger partial charge in [0, 0.05) is 28.9 Å². The van der Waals surface area contributed by atoms with Gasteiger partial charge in [-0.05, 0) is 36.8 Å². The second kappa shape index (κ2) is 6.96. The molecule has 28 heavy (non-hydrogen) atoms. The van der Waals surface area contributed by atoms with E-state index in [2.05, 4.69) is 10.5 Å². The molecule has 0 bridgehead atoms. The lowest BCUT2D eigenvalue weighted by Crippen LogP contribution is -2.12. The molecule has 7 nitrogen and oxygen atoms in total. The lowest BCUT2D eigenvalue weighted by Gasteiger charge is -2.08. The van der Waals surface area contributed by atoms with Crippen LogP contribution in [-0.4, -0.2) is 16.0 Å². The number of non-ortho nitro benzene ring substituents is 1. The molecule has 4 aromatic rings. The minimum atomic E-state index is -0.469. The van der Waals surface area contributed by atoms with E-state index in [1.54, 1.807) is 25.1 Å². The number of nitrogens with zero attached hydrogens (tertiary/aromatic N) is 2.